The second-order valence-corrected chi connectivity index (χ2v) is 9.02. The molecule has 0 spiro atoms. The minimum atomic E-state index is 0.00298. The van der Waals surface area contributed by atoms with E-state index in [0.717, 1.165) is 33.4 Å². The molecule has 160 valence electrons. The summed E-state index contributed by atoms with van der Waals surface area (Å²) in [5.74, 6) is 0.665. The van der Waals surface area contributed by atoms with Crippen molar-refractivity contribution in [2.45, 2.75) is 37.7 Å². The van der Waals surface area contributed by atoms with Crippen LogP contribution in [0.3, 0.4) is 0 Å². The molecule has 0 aliphatic rings. The van der Waals surface area contributed by atoms with Crippen LogP contribution in [0.15, 0.2) is 63.9 Å². The maximum Gasteiger partial charge on any atom is 0.262 e. The van der Waals surface area contributed by atoms with E-state index < -0.39 is 0 Å². The molecule has 0 unspecified atom stereocenters. The molecule has 0 bridgehead atoms. The molecule has 0 atom stereocenters. The molecule has 0 N–H and O–H groups in total. The zero-order valence-electron chi connectivity index (χ0n) is 17.7. The Bertz CT molecular complexity index is 1220. The van der Waals surface area contributed by atoms with Crippen molar-refractivity contribution in [1.29, 1.82) is 0 Å². The van der Waals surface area contributed by atoms with Crippen molar-refractivity contribution in [2.24, 2.45) is 0 Å². The van der Waals surface area contributed by atoms with Crippen LogP contribution in [0.4, 0.5) is 0 Å². The Kier molecular flexibility index (Phi) is 7.17. The average molecular weight is 452 g/mol. The largest absolute Gasteiger partial charge is 0.382 e. The molecular weight excluding hydrogens is 426 g/mol. The number of aromatic nitrogens is 3. The van der Waals surface area contributed by atoms with Crippen molar-refractivity contribution in [3.05, 3.63) is 75.5 Å². The van der Waals surface area contributed by atoms with Crippen LogP contribution < -0.4 is 5.56 Å². The standard InChI is InChI=1S/C24H25N3O2S2/c1-3-29-14-6-13-27-23(28)20-7-4-5-8-21(20)26-24(27)31-16-19-15-30-22(25-19)18-11-9-17(2)10-12-18/h4-5,7-12,15H,3,6,13-14,16H2,1-2H3. The molecule has 4 aromatic rings. The first-order chi connectivity index (χ1) is 15.2. The van der Waals surface area contributed by atoms with Gasteiger partial charge in [0.2, 0.25) is 0 Å². The topological polar surface area (TPSA) is 57.0 Å². The summed E-state index contributed by atoms with van der Waals surface area (Å²) in [7, 11) is 0. The summed E-state index contributed by atoms with van der Waals surface area (Å²) >= 11 is 3.20. The zero-order chi connectivity index (χ0) is 21.6. The lowest BCUT2D eigenvalue weighted by Gasteiger charge is -2.12. The van der Waals surface area contributed by atoms with Gasteiger partial charge in [0.1, 0.15) is 5.01 Å². The Morgan fingerprint density at radius 2 is 1.90 bits per heavy atom. The van der Waals surface area contributed by atoms with Crippen LogP contribution in [0.2, 0.25) is 0 Å². The molecule has 7 heteroatoms. The maximum atomic E-state index is 13.1. The van der Waals surface area contributed by atoms with Gasteiger partial charge in [-0.05, 0) is 32.4 Å². The highest BCUT2D eigenvalue weighted by Gasteiger charge is 2.13. The van der Waals surface area contributed by atoms with E-state index in [0.29, 0.717) is 30.9 Å². The number of rotatable bonds is 9. The number of fused-ring (bicyclic) bond motifs is 1. The highest BCUT2D eigenvalue weighted by Crippen LogP contribution is 2.28. The minimum absolute atomic E-state index is 0.00298. The Balaban J connectivity index is 1.55. The smallest absolute Gasteiger partial charge is 0.262 e. The van der Waals surface area contributed by atoms with Gasteiger partial charge in [-0.15, -0.1) is 11.3 Å². The van der Waals surface area contributed by atoms with E-state index in [1.54, 1.807) is 27.7 Å². The maximum absolute atomic E-state index is 13.1. The van der Waals surface area contributed by atoms with Gasteiger partial charge in [0.25, 0.3) is 5.56 Å². The first-order valence-electron chi connectivity index (χ1n) is 10.4. The third-order valence-corrected chi connectivity index (χ3v) is 6.85. The van der Waals surface area contributed by atoms with Gasteiger partial charge in [0, 0.05) is 36.5 Å². The van der Waals surface area contributed by atoms with Crippen LogP contribution in [-0.2, 0) is 17.0 Å². The lowest BCUT2D eigenvalue weighted by atomic mass is 10.2. The molecule has 2 heterocycles. The van der Waals surface area contributed by atoms with Crippen molar-refractivity contribution in [3.8, 4) is 10.6 Å². The van der Waals surface area contributed by atoms with Crippen molar-refractivity contribution < 1.29 is 4.74 Å². The van der Waals surface area contributed by atoms with Gasteiger partial charge in [-0.1, -0.05) is 53.7 Å². The van der Waals surface area contributed by atoms with Crippen LogP contribution in [0.5, 0.6) is 0 Å². The highest BCUT2D eigenvalue weighted by atomic mass is 32.2. The fourth-order valence-corrected chi connectivity index (χ4v) is 5.11. The Hall–Kier alpha value is -2.48. The molecule has 2 aromatic heterocycles. The molecule has 0 saturated carbocycles. The fourth-order valence-electron chi connectivity index (χ4n) is 3.26. The van der Waals surface area contributed by atoms with Crippen LogP contribution >= 0.6 is 23.1 Å². The van der Waals surface area contributed by atoms with E-state index in [-0.39, 0.29) is 5.56 Å². The number of thioether (sulfide) groups is 1. The van der Waals surface area contributed by atoms with Crippen molar-refractivity contribution >= 4 is 34.0 Å². The van der Waals surface area contributed by atoms with E-state index in [4.69, 9.17) is 14.7 Å². The Labute approximate surface area is 190 Å². The molecule has 5 nitrogen and oxygen atoms in total. The number of benzene rings is 2. The summed E-state index contributed by atoms with van der Waals surface area (Å²) in [5.41, 5.74) is 4.09. The summed E-state index contributed by atoms with van der Waals surface area (Å²) in [4.78, 5) is 22.7. The first kappa shape index (κ1) is 21.7. The second-order valence-electron chi connectivity index (χ2n) is 7.22. The Morgan fingerprint density at radius 3 is 2.71 bits per heavy atom. The quantitative estimate of drug-likeness (QED) is 0.190. The molecule has 0 amide bonds. The van der Waals surface area contributed by atoms with Crippen LogP contribution in [0, 0.1) is 6.92 Å². The molecule has 0 fully saturated rings. The predicted octanol–water partition coefficient (Wildman–Crippen LogP) is 5.55. The zero-order valence-corrected chi connectivity index (χ0v) is 19.3. The number of thiazole rings is 1. The summed E-state index contributed by atoms with van der Waals surface area (Å²) in [5, 5.41) is 4.47. The van der Waals surface area contributed by atoms with Gasteiger partial charge in [-0.3, -0.25) is 9.36 Å². The molecule has 0 aliphatic heterocycles. The lowest BCUT2D eigenvalue weighted by molar-refractivity contribution is 0.140. The predicted molar refractivity (Wildman–Crippen MR) is 129 cm³/mol. The van der Waals surface area contributed by atoms with Crippen molar-refractivity contribution in [3.63, 3.8) is 0 Å². The van der Waals surface area contributed by atoms with Crippen molar-refractivity contribution in [1.82, 2.24) is 14.5 Å². The van der Waals surface area contributed by atoms with E-state index >= 15 is 0 Å². The lowest BCUT2D eigenvalue weighted by Crippen LogP contribution is -2.24. The third kappa shape index (κ3) is 5.23. The Morgan fingerprint density at radius 1 is 1.10 bits per heavy atom. The van der Waals surface area contributed by atoms with Gasteiger partial charge in [-0.2, -0.15) is 0 Å². The highest BCUT2D eigenvalue weighted by molar-refractivity contribution is 7.98. The summed E-state index contributed by atoms with van der Waals surface area (Å²) in [6.07, 6.45) is 0.773. The normalized spacial score (nSPS) is 11.3. The number of hydrogen-bond donors (Lipinski definition) is 0. The van der Waals surface area contributed by atoms with Crippen LogP contribution in [0.25, 0.3) is 21.5 Å². The van der Waals surface area contributed by atoms with Crippen LogP contribution in [-0.4, -0.2) is 27.7 Å². The molecule has 31 heavy (non-hydrogen) atoms. The van der Waals surface area contributed by atoms with Gasteiger partial charge >= 0.3 is 0 Å². The average Bonchev–Trinajstić information content (AvgIpc) is 3.26. The van der Waals surface area contributed by atoms with Gasteiger partial charge in [0.05, 0.1) is 16.6 Å². The number of hydrogen-bond acceptors (Lipinski definition) is 6. The third-order valence-electron chi connectivity index (χ3n) is 4.90. The summed E-state index contributed by atoms with van der Waals surface area (Å²) in [6.45, 7) is 5.96. The van der Waals surface area contributed by atoms with E-state index in [9.17, 15) is 4.79 Å². The summed E-state index contributed by atoms with van der Waals surface area (Å²) < 4.78 is 7.23. The van der Waals surface area contributed by atoms with Gasteiger partial charge in [0.15, 0.2) is 5.16 Å². The van der Waals surface area contributed by atoms with E-state index in [1.165, 1.54) is 5.56 Å². The number of ether oxygens (including phenoxy) is 1. The number of aryl methyl sites for hydroxylation is 1. The molecule has 4 rings (SSSR count). The van der Waals surface area contributed by atoms with E-state index in [1.807, 2.05) is 31.2 Å². The van der Waals surface area contributed by atoms with Crippen molar-refractivity contribution in [2.75, 3.05) is 13.2 Å². The number of nitrogens with zero attached hydrogens (tertiary/aromatic N) is 3. The first-order valence-corrected chi connectivity index (χ1v) is 12.2. The van der Waals surface area contributed by atoms with Crippen LogP contribution in [0.1, 0.15) is 24.6 Å². The SMILES string of the molecule is CCOCCCn1c(SCc2csc(-c3ccc(C)cc3)n2)nc2ccccc2c1=O. The second kappa shape index (κ2) is 10.2. The molecule has 0 saturated heterocycles. The fraction of sp³-hybridized carbons (Fsp3) is 0.292. The molecule has 2 aromatic carbocycles. The monoisotopic (exact) mass is 451 g/mol. The van der Waals surface area contributed by atoms with Gasteiger partial charge in [-0.25, -0.2) is 9.97 Å². The molecular formula is C24H25N3O2S2. The number of para-hydroxylation sites is 1. The summed E-state index contributed by atoms with van der Waals surface area (Å²) in [6, 6.07) is 15.9. The van der Waals surface area contributed by atoms with E-state index in [2.05, 4.69) is 36.6 Å². The van der Waals surface area contributed by atoms with Gasteiger partial charge < -0.3 is 4.74 Å². The minimum Gasteiger partial charge on any atom is -0.382 e. The molecule has 0 aliphatic carbocycles. The molecule has 0 radical (unpaired) electrons.